The third-order valence-electron chi connectivity index (χ3n) is 2.53. The smallest absolute Gasteiger partial charge is 0.338 e. The maximum Gasteiger partial charge on any atom is 0.338 e. The van der Waals surface area contributed by atoms with Crippen LogP contribution in [0.4, 0.5) is 5.69 Å². The second-order valence-electron chi connectivity index (χ2n) is 3.86. The number of hydrogen-bond acceptors (Lipinski definition) is 3. The molecule has 1 heterocycles. The van der Waals surface area contributed by atoms with Crippen LogP contribution in [0, 0.1) is 6.92 Å². The molecule has 0 unspecified atom stereocenters. The van der Waals surface area contributed by atoms with E-state index in [0.29, 0.717) is 16.1 Å². The largest absolute Gasteiger partial charge is 0.478 e. The first-order valence-corrected chi connectivity index (χ1v) is 6.99. The monoisotopic (exact) mass is 339 g/mol. The number of halogens is 1. The van der Waals surface area contributed by atoms with E-state index in [9.17, 15) is 14.7 Å². The van der Waals surface area contributed by atoms with Crippen molar-refractivity contribution in [2.24, 2.45) is 0 Å². The lowest BCUT2D eigenvalue weighted by molar-refractivity contribution is 0.0697. The van der Waals surface area contributed by atoms with E-state index < -0.39 is 5.97 Å². The van der Waals surface area contributed by atoms with E-state index in [1.165, 1.54) is 11.3 Å². The van der Waals surface area contributed by atoms with Crippen LogP contribution in [0.1, 0.15) is 25.6 Å². The highest BCUT2D eigenvalue weighted by atomic mass is 79.9. The van der Waals surface area contributed by atoms with Crippen molar-refractivity contribution in [2.45, 2.75) is 6.92 Å². The molecule has 0 saturated heterocycles. The second kappa shape index (κ2) is 5.54. The lowest BCUT2D eigenvalue weighted by atomic mass is 10.1. The summed E-state index contributed by atoms with van der Waals surface area (Å²) < 4.78 is 0.848. The van der Waals surface area contributed by atoms with Gasteiger partial charge in [-0.3, -0.25) is 4.79 Å². The standard InChI is InChI=1S/C13H10BrNO3S/c1-7-3-2-4-8(11(7)13(17)18)15-12(16)9-5-6-10(14)19-9/h2-6H,1H3,(H,15,16)(H,17,18). The van der Waals surface area contributed by atoms with Crippen LogP contribution in [-0.2, 0) is 0 Å². The maximum atomic E-state index is 12.0. The molecule has 2 rings (SSSR count). The molecule has 1 aromatic carbocycles. The Balaban J connectivity index is 2.31. The predicted molar refractivity (Wildman–Crippen MR) is 78.1 cm³/mol. The van der Waals surface area contributed by atoms with Crippen molar-refractivity contribution in [3.63, 3.8) is 0 Å². The molecule has 19 heavy (non-hydrogen) atoms. The van der Waals surface area contributed by atoms with Gasteiger partial charge < -0.3 is 10.4 Å². The highest BCUT2D eigenvalue weighted by Crippen LogP contribution is 2.25. The molecule has 0 aliphatic rings. The summed E-state index contributed by atoms with van der Waals surface area (Å²) in [5.74, 6) is -1.37. The molecule has 2 N–H and O–H groups in total. The zero-order chi connectivity index (χ0) is 14.0. The minimum absolute atomic E-state index is 0.117. The van der Waals surface area contributed by atoms with Gasteiger partial charge in [-0.25, -0.2) is 4.79 Å². The number of aryl methyl sites for hydroxylation is 1. The number of amides is 1. The molecule has 1 amide bonds. The van der Waals surface area contributed by atoms with Gasteiger partial charge in [0.2, 0.25) is 0 Å². The third kappa shape index (κ3) is 3.02. The first-order chi connectivity index (χ1) is 8.99. The van der Waals surface area contributed by atoms with E-state index in [1.54, 1.807) is 37.3 Å². The number of carboxylic acids is 1. The summed E-state index contributed by atoms with van der Waals surface area (Å²) in [6.07, 6.45) is 0. The van der Waals surface area contributed by atoms with E-state index in [2.05, 4.69) is 21.2 Å². The van der Waals surface area contributed by atoms with Gasteiger partial charge in [0, 0.05) is 0 Å². The van der Waals surface area contributed by atoms with E-state index in [-0.39, 0.29) is 11.5 Å². The Morgan fingerprint density at radius 3 is 2.58 bits per heavy atom. The molecule has 98 valence electrons. The molecular weight excluding hydrogens is 330 g/mol. The van der Waals surface area contributed by atoms with Crippen molar-refractivity contribution in [2.75, 3.05) is 5.32 Å². The average molecular weight is 340 g/mol. The number of hydrogen-bond donors (Lipinski definition) is 2. The normalized spacial score (nSPS) is 10.2. The van der Waals surface area contributed by atoms with Gasteiger partial charge in [-0.2, -0.15) is 0 Å². The van der Waals surface area contributed by atoms with Crippen LogP contribution in [0.25, 0.3) is 0 Å². The van der Waals surface area contributed by atoms with Crippen LogP contribution < -0.4 is 5.32 Å². The van der Waals surface area contributed by atoms with Crippen molar-refractivity contribution in [3.8, 4) is 0 Å². The van der Waals surface area contributed by atoms with E-state index >= 15 is 0 Å². The van der Waals surface area contributed by atoms with Crippen LogP contribution in [-0.4, -0.2) is 17.0 Å². The Kier molecular flexibility index (Phi) is 4.01. The number of carbonyl (C=O) groups excluding carboxylic acids is 1. The van der Waals surface area contributed by atoms with Crippen molar-refractivity contribution in [1.29, 1.82) is 0 Å². The van der Waals surface area contributed by atoms with E-state index in [4.69, 9.17) is 0 Å². The van der Waals surface area contributed by atoms with Gasteiger partial charge >= 0.3 is 5.97 Å². The molecule has 4 nitrogen and oxygen atoms in total. The molecule has 0 fully saturated rings. The highest BCUT2D eigenvalue weighted by molar-refractivity contribution is 9.11. The number of aromatic carboxylic acids is 1. The van der Waals surface area contributed by atoms with Crippen LogP contribution >= 0.6 is 27.3 Å². The zero-order valence-corrected chi connectivity index (χ0v) is 12.3. The number of carbonyl (C=O) groups is 2. The zero-order valence-electron chi connectivity index (χ0n) is 9.94. The molecule has 0 saturated carbocycles. The molecule has 0 aliphatic carbocycles. The fourth-order valence-electron chi connectivity index (χ4n) is 1.68. The number of anilines is 1. The Morgan fingerprint density at radius 2 is 2.00 bits per heavy atom. The SMILES string of the molecule is Cc1cccc(NC(=O)c2ccc(Br)s2)c1C(=O)O. The molecule has 2 aromatic rings. The Labute approximate surface area is 122 Å². The molecule has 0 radical (unpaired) electrons. The summed E-state index contributed by atoms with van der Waals surface area (Å²) in [5, 5.41) is 11.8. The Hall–Kier alpha value is -1.66. The quantitative estimate of drug-likeness (QED) is 0.894. The molecular formula is C13H10BrNO3S. The minimum atomic E-state index is -1.05. The minimum Gasteiger partial charge on any atom is -0.478 e. The molecule has 0 atom stereocenters. The number of nitrogens with one attached hydrogen (secondary N) is 1. The van der Waals surface area contributed by atoms with Gasteiger partial charge in [-0.15, -0.1) is 11.3 Å². The molecule has 1 aromatic heterocycles. The third-order valence-corrected chi connectivity index (χ3v) is 4.15. The maximum absolute atomic E-state index is 12.0. The lowest BCUT2D eigenvalue weighted by Crippen LogP contribution is -2.14. The summed E-state index contributed by atoms with van der Waals surface area (Å²) in [4.78, 5) is 23.7. The molecule has 0 aliphatic heterocycles. The van der Waals surface area contributed by atoms with Gasteiger partial charge in [-0.1, -0.05) is 12.1 Å². The first-order valence-electron chi connectivity index (χ1n) is 5.38. The van der Waals surface area contributed by atoms with E-state index in [0.717, 1.165) is 3.79 Å². The summed E-state index contributed by atoms with van der Waals surface area (Å²) in [6, 6.07) is 8.44. The van der Waals surface area contributed by atoms with Gasteiger partial charge in [0.1, 0.15) is 0 Å². The summed E-state index contributed by atoms with van der Waals surface area (Å²) in [7, 11) is 0. The van der Waals surface area contributed by atoms with Gasteiger partial charge in [-0.05, 0) is 46.6 Å². The summed E-state index contributed by atoms with van der Waals surface area (Å²) >= 11 is 4.57. The Morgan fingerprint density at radius 1 is 1.26 bits per heavy atom. The van der Waals surface area contributed by atoms with Crippen LogP contribution in [0.2, 0.25) is 0 Å². The molecule has 0 spiro atoms. The van der Waals surface area contributed by atoms with Crippen LogP contribution in [0.5, 0.6) is 0 Å². The molecule has 6 heteroatoms. The topological polar surface area (TPSA) is 66.4 Å². The summed E-state index contributed by atoms with van der Waals surface area (Å²) in [6.45, 7) is 1.70. The van der Waals surface area contributed by atoms with Gasteiger partial charge in [0.25, 0.3) is 5.91 Å². The van der Waals surface area contributed by atoms with Crippen LogP contribution in [0.3, 0.4) is 0 Å². The fraction of sp³-hybridized carbons (Fsp3) is 0.0769. The highest BCUT2D eigenvalue weighted by Gasteiger charge is 2.16. The average Bonchev–Trinajstić information content (AvgIpc) is 2.75. The lowest BCUT2D eigenvalue weighted by Gasteiger charge is -2.09. The van der Waals surface area contributed by atoms with Gasteiger partial charge in [0.05, 0.1) is 19.9 Å². The van der Waals surface area contributed by atoms with E-state index in [1.807, 2.05) is 0 Å². The summed E-state index contributed by atoms with van der Waals surface area (Å²) in [5.41, 5.74) is 1.03. The number of thiophene rings is 1. The first kappa shape index (κ1) is 13.8. The van der Waals surface area contributed by atoms with Gasteiger partial charge in [0.15, 0.2) is 0 Å². The van der Waals surface area contributed by atoms with Crippen LogP contribution in [0.15, 0.2) is 34.1 Å². The van der Waals surface area contributed by atoms with Crippen molar-refractivity contribution < 1.29 is 14.7 Å². The Bertz CT molecular complexity index is 651. The number of benzene rings is 1. The van der Waals surface area contributed by atoms with Crippen molar-refractivity contribution in [1.82, 2.24) is 0 Å². The van der Waals surface area contributed by atoms with Crippen molar-refractivity contribution >= 4 is 44.8 Å². The predicted octanol–water partition coefficient (Wildman–Crippen LogP) is 3.77. The van der Waals surface area contributed by atoms with Crippen molar-refractivity contribution in [3.05, 3.63) is 50.1 Å². The molecule has 0 bridgehead atoms. The fourth-order valence-corrected chi connectivity index (χ4v) is 2.96. The number of carboxylic acid groups (broad SMARTS) is 1. The number of rotatable bonds is 3. The second-order valence-corrected chi connectivity index (χ2v) is 6.32.